The quantitative estimate of drug-likeness (QED) is 0.340. The fraction of sp³-hybridized carbons (Fsp3) is 1.00. The normalized spacial score (nSPS) is 22.1. The maximum Gasteiger partial charge on any atom is 0 e. The molecule has 0 nitrogen and oxygen atoms in total. The fourth-order valence-corrected chi connectivity index (χ4v) is 1.61. The zero-order valence-corrected chi connectivity index (χ0v) is 6.84. The van der Waals surface area contributed by atoms with E-state index < -0.39 is 0 Å². The Morgan fingerprint density at radius 2 is 1.50 bits per heavy atom. The molecule has 0 aromatic carbocycles. The van der Waals surface area contributed by atoms with E-state index >= 15 is 0 Å². The summed E-state index contributed by atoms with van der Waals surface area (Å²) in [5.41, 5.74) is 0.953. The fourth-order valence-electron chi connectivity index (χ4n) is 1.13. The van der Waals surface area contributed by atoms with Crippen molar-refractivity contribution < 1.29 is 0 Å². The van der Waals surface area contributed by atoms with E-state index in [1.807, 2.05) is 0 Å². The molecule has 0 aromatic rings. The summed E-state index contributed by atoms with van der Waals surface area (Å²) in [6.07, 6.45) is 7.31. The van der Waals surface area contributed by atoms with Gasteiger partial charge in [0.05, 0.1) is 0 Å². The molecule has 1 saturated carbocycles. The molecule has 1 aliphatic rings. The van der Waals surface area contributed by atoms with Gasteiger partial charge in [-0.05, 0) is 18.5 Å². The Hall–Kier alpha value is 1.03. The first-order valence-corrected chi connectivity index (χ1v) is 3.82. The third-order valence-electron chi connectivity index (χ3n) is 1.65. The molecule has 1 atom stereocenters. The smallest absolute Gasteiger partial charge is 0 e. The van der Waals surface area contributed by atoms with Gasteiger partial charge in [-0.1, -0.05) is 19.3 Å². The van der Waals surface area contributed by atoms with E-state index in [-0.39, 0.29) is 18.9 Å². The molecule has 2 heteroatoms. The first-order chi connectivity index (χ1) is 3.39. The molecule has 43 valence electrons. The van der Waals surface area contributed by atoms with Crippen LogP contribution in [0.1, 0.15) is 32.1 Å². The maximum atomic E-state index is 2.91. The minimum absolute atomic E-state index is 0. The van der Waals surface area contributed by atoms with Crippen molar-refractivity contribution in [3.63, 3.8) is 0 Å². The van der Waals surface area contributed by atoms with Crippen molar-refractivity contribution in [2.24, 2.45) is 0 Å². The molecule has 0 N–H and O–H groups in total. The second-order valence-electron chi connectivity index (χ2n) is 2.40. The van der Waals surface area contributed by atoms with Gasteiger partial charge in [0.2, 0.25) is 0 Å². The maximum absolute atomic E-state index is 2.91. The van der Waals surface area contributed by atoms with Gasteiger partial charge in [0.25, 0.3) is 0 Å². The second-order valence-corrected chi connectivity index (χ2v) is 3.34. The number of hydrogen-bond acceptors (Lipinski definition) is 0. The van der Waals surface area contributed by atoms with E-state index in [1.54, 1.807) is 0 Å². The van der Waals surface area contributed by atoms with Crippen LogP contribution >= 0.6 is 9.24 Å². The molecular weight excluding hydrogens is 110 g/mol. The van der Waals surface area contributed by atoms with Gasteiger partial charge in [-0.2, -0.15) is 0 Å². The zero-order chi connectivity index (χ0) is 5.11. The van der Waals surface area contributed by atoms with Crippen molar-refractivity contribution in [1.29, 1.82) is 0 Å². The average molecular weight is 123 g/mol. The van der Waals surface area contributed by atoms with Crippen LogP contribution < -0.4 is 0 Å². The van der Waals surface area contributed by atoms with E-state index in [1.165, 1.54) is 32.1 Å². The van der Waals surface area contributed by atoms with Gasteiger partial charge < -0.3 is 0 Å². The van der Waals surface area contributed by atoms with E-state index in [0.29, 0.717) is 0 Å². The molecule has 0 spiro atoms. The molecule has 0 amide bonds. The van der Waals surface area contributed by atoms with Crippen molar-refractivity contribution in [2.45, 2.75) is 37.8 Å². The van der Waals surface area contributed by atoms with Gasteiger partial charge in [-0.25, -0.2) is 0 Å². The van der Waals surface area contributed by atoms with Gasteiger partial charge in [0.1, 0.15) is 0 Å². The van der Waals surface area contributed by atoms with Crippen LogP contribution in [0.25, 0.3) is 0 Å². The van der Waals surface area contributed by atoms with Crippen molar-refractivity contribution in [2.75, 3.05) is 0 Å². The van der Waals surface area contributed by atoms with Crippen LogP contribution in [0.4, 0.5) is 0 Å². The monoisotopic (exact) mass is 123 g/mol. The zero-order valence-electron chi connectivity index (χ0n) is 5.69. The first kappa shape index (κ1) is 9.03. The summed E-state index contributed by atoms with van der Waals surface area (Å²) < 4.78 is 0. The summed E-state index contributed by atoms with van der Waals surface area (Å²) in [5.74, 6) is 0. The minimum Gasteiger partial charge on any atom is -0.134 e. The Morgan fingerprint density at radius 1 is 1.00 bits per heavy atom. The number of rotatable bonds is 0. The Balaban J connectivity index is 0.000000490. The van der Waals surface area contributed by atoms with Gasteiger partial charge in [-0.3, -0.25) is 0 Å². The minimum atomic E-state index is 0. The second kappa shape index (κ2) is 4.86. The van der Waals surface area contributed by atoms with Crippen LogP contribution in [0.2, 0.25) is 0 Å². The van der Waals surface area contributed by atoms with E-state index in [9.17, 15) is 0 Å². The summed E-state index contributed by atoms with van der Waals surface area (Å²) in [6, 6.07) is 0. The summed E-state index contributed by atoms with van der Waals surface area (Å²) in [7, 11) is 2.91. The van der Waals surface area contributed by atoms with Crippen molar-refractivity contribution in [3.8, 4) is 0 Å². The van der Waals surface area contributed by atoms with Gasteiger partial charge in [0, 0.05) is 18.9 Å². The predicted octanol–water partition coefficient (Wildman–Crippen LogP) is 1.81. The molecule has 1 unspecified atom stereocenters. The Bertz CT molecular complexity index is 50.5. The van der Waals surface area contributed by atoms with Crippen molar-refractivity contribution >= 4 is 28.1 Å². The SMILES string of the molecule is PC1CCCCC1.[Li]. The molecule has 1 aliphatic carbocycles. The Morgan fingerprint density at radius 3 is 1.75 bits per heavy atom. The largest absolute Gasteiger partial charge is 0.134 e. The molecular formula is C6H13LiP. The standard InChI is InChI=1S/C6H13P.Li/c7-6-4-2-1-3-5-6;/h6H,1-5,7H2;. The van der Waals surface area contributed by atoms with Crippen LogP contribution in [-0.2, 0) is 0 Å². The van der Waals surface area contributed by atoms with Crippen LogP contribution in [0.15, 0.2) is 0 Å². The molecule has 0 saturated heterocycles. The Kier molecular flexibility index (Phi) is 5.49. The van der Waals surface area contributed by atoms with E-state index in [2.05, 4.69) is 9.24 Å². The van der Waals surface area contributed by atoms with Crippen LogP contribution in [0, 0.1) is 0 Å². The summed E-state index contributed by atoms with van der Waals surface area (Å²) in [6.45, 7) is 0. The summed E-state index contributed by atoms with van der Waals surface area (Å²) in [5, 5.41) is 0. The molecule has 1 rings (SSSR count). The van der Waals surface area contributed by atoms with Crippen LogP contribution in [-0.4, -0.2) is 24.5 Å². The van der Waals surface area contributed by atoms with Crippen molar-refractivity contribution in [3.05, 3.63) is 0 Å². The topological polar surface area (TPSA) is 0 Å². The molecule has 1 radical (unpaired) electrons. The van der Waals surface area contributed by atoms with Crippen molar-refractivity contribution in [1.82, 2.24) is 0 Å². The summed E-state index contributed by atoms with van der Waals surface area (Å²) >= 11 is 0. The number of hydrogen-bond donors (Lipinski definition) is 0. The third-order valence-corrected chi connectivity index (χ3v) is 2.32. The molecule has 0 bridgehead atoms. The first-order valence-electron chi connectivity index (χ1n) is 3.15. The van der Waals surface area contributed by atoms with E-state index in [0.717, 1.165) is 5.66 Å². The molecule has 0 aliphatic heterocycles. The predicted molar refractivity (Wildman–Crippen MR) is 42.3 cm³/mol. The molecule has 8 heavy (non-hydrogen) atoms. The molecule has 0 heterocycles. The van der Waals surface area contributed by atoms with Crippen LogP contribution in [0.3, 0.4) is 0 Å². The van der Waals surface area contributed by atoms with Gasteiger partial charge >= 0.3 is 0 Å². The average Bonchev–Trinajstić information content (AvgIpc) is 1.69. The molecule has 0 aromatic heterocycles. The van der Waals surface area contributed by atoms with Gasteiger partial charge in [-0.15, -0.1) is 9.24 Å². The van der Waals surface area contributed by atoms with Crippen LogP contribution in [0.5, 0.6) is 0 Å². The van der Waals surface area contributed by atoms with E-state index in [4.69, 9.17) is 0 Å². The summed E-state index contributed by atoms with van der Waals surface area (Å²) in [4.78, 5) is 0. The van der Waals surface area contributed by atoms with Gasteiger partial charge in [0.15, 0.2) is 0 Å². The third kappa shape index (κ3) is 3.13. The molecule has 1 fully saturated rings. The Labute approximate surface area is 66.2 Å².